The van der Waals surface area contributed by atoms with Gasteiger partial charge in [-0.1, -0.05) is 11.3 Å². The van der Waals surface area contributed by atoms with Crippen LogP contribution < -0.4 is 5.32 Å². The SMILES string of the molecule is CC(C)(C)NC(=O)c1ccc([N+](=O)[O-])s1. The zero-order valence-electron chi connectivity index (χ0n) is 8.73. The molecule has 1 heterocycles. The highest BCUT2D eigenvalue weighted by Gasteiger charge is 2.19. The number of thiophene rings is 1. The molecular formula is C9H12N2O3S. The van der Waals surface area contributed by atoms with Gasteiger partial charge in [-0.2, -0.15) is 0 Å². The summed E-state index contributed by atoms with van der Waals surface area (Å²) < 4.78 is 0. The lowest BCUT2D eigenvalue weighted by atomic mass is 10.1. The Balaban J connectivity index is 2.79. The molecule has 0 bridgehead atoms. The lowest BCUT2D eigenvalue weighted by Crippen LogP contribution is -2.40. The third-order valence-corrected chi connectivity index (χ3v) is 2.52. The molecule has 0 unspecified atom stereocenters. The average molecular weight is 228 g/mol. The Kier molecular flexibility index (Phi) is 3.09. The van der Waals surface area contributed by atoms with Gasteiger partial charge in [-0.3, -0.25) is 14.9 Å². The van der Waals surface area contributed by atoms with Crippen molar-refractivity contribution in [2.24, 2.45) is 0 Å². The maximum Gasteiger partial charge on any atom is 0.324 e. The van der Waals surface area contributed by atoms with E-state index in [2.05, 4.69) is 5.32 Å². The van der Waals surface area contributed by atoms with Crippen molar-refractivity contribution in [3.8, 4) is 0 Å². The van der Waals surface area contributed by atoms with E-state index in [9.17, 15) is 14.9 Å². The normalized spacial score (nSPS) is 11.1. The van der Waals surface area contributed by atoms with E-state index in [1.54, 1.807) is 0 Å². The fraction of sp³-hybridized carbons (Fsp3) is 0.444. The van der Waals surface area contributed by atoms with E-state index in [0.29, 0.717) is 4.88 Å². The van der Waals surface area contributed by atoms with Crippen LogP contribution in [0.25, 0.3) is 0 Å². The van der Waals surface area contributed by atoms with E-state index < -0.39 is 4.92 Å². The molecule has 1 rings (SSSR count). The summed E-state index contributed by atoms with van der Waals surface area (Å²) in [7, 11) is 0. The molecule has 0 saturated carbocycles. The first-order valence-electron chi connectivity index (χ1n) is 4.36. The molecule has 0 radical (unpaired) electrons. The lowest BCUT2D eigenvalue weighted by Gasteiger charge is -2.19. The zero-order valence-corrected chi connectivity index (χ0v) is 9.55. The van der Waals surface area contributed by atoms with Crippen LogP contribution >= 0.6 is 11.3 Å². The Morgan fingerprint density at radius 3 is 2.47 bits per heavy atom. The maximum atomic E-state index is 11.6. The highest BCUT2D eigenvalue weighted by atomic mass is 32.1. The van der Waals surface area contributed by atoms with Crippen LogP contribution in [0.15, 0.2) is 12.1 Å². The third kappa shape index (κ3) is 3.32. The van der Waals surface area contributed by atoms with Crippen molar-refractivity contribution < 1.29 is 9.72 Å². The second kappa shape index (κ2) is 3.98. The molecule has 0 aliphatic heterocycles. The van der Waals surface area contributed by atoms with Crippen molar-refractivity contribution in [3.05, 3.63) is 27.1 Å². The van der Waals surface area contributed by atoms with E-state index >= 15 is 0 Å². The van der Waals surface area contributed by atoms with Gasteiger partial charge in [0.2, 0.25) is 0 Å². The number of hydrogen-bond donors (Lipinski definition) is 1. The summed E-state index contributed by atoms with van der Waals surface area (Å²) in [5, 5.41) is 13.1. The molecule has 0 aromatic carbocycles. The summed E-state index contributed by atoms with van der Waals surface area (Å²) in [6, 6.07) is 2.80. The highest BCUT2D eigenvalue weighted by Crippen LogP contribution is 2.24. The molecular weight excluding hydrogens is 216 g/mol. The van der Waals surface area contributed by atoms with Gasteiger partial charge in [0.15, 0.2) is 0 Å². The monoisotopic (exact) mass is 228 g/mol. The Labute approximate surface area is 91.3 Å². The van der Waals surface area contributed by atoms with Crippen molar-refractivity contribution >= 4 is 22.2 Å². The molecule has 1 aromatic heterocycles. The van der Waals surface area contributed by atoms with Gasteiger partial charge >= 0.3 is 5.00 Å². The van der Waals surface area contributed by atoms with Gasteiger partial charge in [-0.15, -0.1) is 0 Å². The second-order valence-corrected chi connectivity index (χ2v) is 5.16. The summed E-state index contributed by atoms with van der Waals surface area (Å²) in [4.78, 5) is 21.8. The minimum atomic E-state index is -0.501. The van der Waals surface area contributed by atoms with Gasteiger partial charge in [0.1, 0.15) is 0 Å². The van der Waals surface area contributed by atoms with Crippen LogP contribution in [0.2, 0.25) is 0 Å². The van der Waals surface area contributed by atoms with Gasteiger partial charge in [-0.05, 0) is 26.8 Å². The molecule has 0 spiro atoms. The van der Waals surface area contributed by atoms with Crippen molar-refractivity contribution in [1.82, 2.24) is 5.32 Å². The molecule has 5 nitrogen and oxygen atoms in total. The summed E-state index contributed by atoms with van der Waals surface area (Å²) in [6.07, 6.45) is 0. The summed E-state index contributed by atoms with van der Waals surface area (Å²) in [6.45, 7) is 5.56. The largest absolute Gasteiger partial charge is 0.347 e. The van der Waals surface area contributed by atoms with Crippen LogP contribution in [-0.4, -0.2) is 16.4 Å². The summed E-state index contributed by atoms with van der Waals surface area (Å²) in [5.41, 5.74) is -0.337. The predicted molar refractivity (Wildman–Crippen MR) is 58.2 cm³/mol. The van der Waals surface area contributed by atoms with Crippen LogP contribution in [-0.2, 0) is 0 Å². The quantitative estimate of drug-likeness (QED) is 0.623. The molecule has 0 saturated heterocycles. The standard InChI is InChI=1S/C9H12N2O3S/c1-9(2,3)10-8(12)6-4-5-7(15-6)11(13)14/h4-5H,1-3H3,(H,10,12). The number of amides is 1. The number of nitrogens with zero attached hydrogens (tertiary/aromatic N) is 1. The minimum Gasteiger partial charge on any atom is -0.347 e. The first-order valence-corrected chi connectivity index (χ1v) is 5.18. The Bertz CT molecular complexity index is 392. The van der Waals surface area contributed by atoms with Crippen molar-refractivity contribution in [2.45, 2.75) is 26.3 Å². The second-order valence-electron chi connectivity index (χ2n) is 4.10. The molecule has 1 amide bonds. The van der Waals surface area contributed by atoms with Gasteiger partial charge in [-0.25, -0.2) is 0 Å². The molecule has 6 heteroatoms. The molecule has 0 aliphatic carbocycles. The predicted octanol–water partition coefficient (Wildman–Crippen LogP) is 2.18. The topological polar surface area (TPSA) is 72.2 Å². The van der Waals surface area contributed by atoms with Crippen molar-refractivity contribution in [1.29, 1.82) is 0 Å². The molecule has 0 fully saturated rings. The average Bonchev–Trinajstić information content (AvgIpc) is 2.47. The Morgan fingerprint density at radius 1 is 1.47 bits per heavy atom. The highest BCUT2D eigenvalue weighted by molar-refractivity contribution is 7.17. The first kappa shape index (κ1) is 11.6. The fourth-order valence-corrected chi connectivity index (χ4v) is 1.67. The van der Waals surface area contributed by atoms with Crippen LogP contribution in [0, 0.1) is 10.1 Å². The summed E-state index contributed by atoms with van der Waals surface area (Å²) in [5.74, 6) is -0.277. The smallest absolute Gasteiger partial charge is 0.324 e. The number of carbonyl (C=O) groups is 1. The molecule has 1 N–H and O–H groups in total. The van der Waals surface area contributed by atoms with Gasteiger partial charge in [0, 0.05) is 11.6 Å². The molecule has 15 heavy (non-hydrogen) atoms. The Hall–Kier alpha value is -1.43. The molecule has 0 aliphatic rings. The number of rotatable bonds is 2. The minimum absolute atomic E-state index is 0.0194. The van der Waals surface area contributed by atoms with Crippen molar-refractivity contribution in [2.75, 3.05) is 0 Å². The maximum absolute atomic E-state index is 11.6. The van der Waals surface area contributed by atoms with Gasteiger partial charge in [0.05, 0.1) is 9.80 Å². The number of hydrogen-bond acceptors (Lipinski definition) is 4. The number of carbonyl (C=O) groups excluding carboxylic acids is 1. The van der Waals surface area contributed by atoms with Gasteiger partial charge in [0.25, 0.3) is 5.91 Å². The van der Waals surface area contributed by atoms with E-state index in [-0.39, 0.29) is 16.4 Å². The lowest BCUT2D eigenvalue weighted by molar-refractivity contribution is -0.380. The van der Waals surface area contributed by atoms with Crippen LogP contribution in [0.3, 0.4) is 0 Å². The van der Waals surface area contributed by atoms with E-state index in [1.165, 1.54) is 12.1 Å². The zero-order chi connectivity index (χ0) is 11.6. The number of nitrogens with one attached hydrogen (secondary N) is 1. The fourth-order valence-electron chi connectivity index (χ4n) is 0.950. The van der Waals surface area contributed by atoms with E-state index in [0.717, 1.165) is 11.3 Å². The van der Waals surface area contributed by atoms with Crippen LogP contribution in [0.5, 0.6) is 0 Å². The Morgan fingerprint density at radius 2 is 2.07 bits per heavy atom. The van der Waals surface area contributed by atoms with Crippen LogP contribution in [0.4, 0.5) is 5.00 Å². The van der Waals surface area contributed by atoms with Crippen LogP contribution in [0.1, 0.15) is 30.4 Å². The van der Waals surface area contributed by atoms with E-state index in [4.69, 9.17) is 0 Å². The van der Waals surface area contributed by atoms with E-state index in [1.807, 2.05) is 20.8 Å². The molecule has 1 aromatic rings. The summed E-state index contributed by atoms with van der Waals surface area (Å²) >= 11 is 0.879. The molecule has 0 atom stereocenters. The molecule has 82 valence electrons. The van der Waals surface area contributed by atoms with Gasteiger partial charge < -0.3 is 5.32 Å². The third-order valence-electron chi connectivity index (χ3n) is 1.48. The number of nitro groups is 1. The van der Waals surface area contributed by atoms with Crippen molar-refractivity contribution in [3.63, 3.8) is 0 Å². The first-order chi connectivity index (χ1) is 6.79.